The molecule has 19 heavy (non-hydrogen) atoms. The van der Waals surface area contributed by atoms with E-state index in [0.29, 0.717) is 29.8 Å². The second-order valence-corrected chi connectivity index (χ2v) is 5.24. The van der Waals surface area contributed by atoms with E-state index in [1.54, 1.807) is 12.1 Å². The Bertz CT molecular complexity index is 481. The Balaban J connectivity index is 2.23. The SMILES string of the molecule is CN(c1ccc(C#N)cc1F)C1CCCCC1CN. The number of hydrogen-bond donors (Lipinski definition) is 1. The molecule has 0 bridgehead atoms. The van der Waals surface area contributed by atoms with Crippen molar-refractivity contribution in [2.24, 2.45) is 11.7 Å². The van der Waals surface area contributed by atoms with Crippen molar-refractivity contribution in [2.75, 3.05) is 18.5 Å². The third-order valence-electron chi connectivity index (χ3n) is 4.13. The number of anilines is 1. The number of nitrogens with two attached hydrogens (primary N) is 1. The van der Waals surface area contributed by atoms with Crippen LogP contribution in [-0.4, -0.2) is 19.6 Å². The zero-order chi connectivity index (χ0) is 13.8. The lowest BCUT2D eigenvalue weighted by Gasteiger charge is -2.39. The van der Waals surface area contributed by atoms with Crippen molar-refractivity contribution in [1.82, 2.24) is 0 Å². The number of benzene rings is 1. The molecule has 1 fully saturated rings. The van der Waals surface area contributed by atoms with Crippen LogP contribution in [0.4, 0.5) is 10.1 Å². The molecular formula is C15H20FN3. The van der Waals surface area contributed by atoms with Gasteiger partial charge in [0.25, 0.3) is 0 Å². The zero-order valence-electron chi connectivity index (χ0n) is 11.3. The van der Waals surface area contributed by atoms with E-state index in [1.807, 2.05) is 18.0 Å². The van der Waals surface area contributed by atoms with Crippen LogP contribution in [-0.2, 0) is 0 Å². The van der Waals surface area contributed by atoms with Crippen molar-refractivity contribution in [3.63, 3.8) is 0 Å². The molecule has 0 aromatic heterocycles. The van der Waals surface area contributed by atoms with E-state index in [-0.39, 0.29) is 5.82 Å². The van der Waals surface area contributed by atoms with Gasteiger partial charge in [-0.15, -0.1) is 0 Å². The van der Waals surface area contributed by atoms with Crippen molar-refractivity contribution in [3.05, 3.63) is 29.6 Å². The van der Waals surface area contributed by atoms with E-state index in [9.17, 15) is 4.39 Å². The molecule has 1 aliphatic rings. The molecule has 2 atom stereocenters. The van der Waals surface area contributed by atoms with Gasteiger partial charge in [-0.3, -0.25) is 0 Å². The van der Waals surface area contributed by atoms with Crippen molar-refractivity contribution in [1.29, 1.82) is 5.26 Å². The molecule has 2 N–H and O–H groups in total. The van der Waals surface area contributed by atoms with Crippen LogP contribution >= 0.6 is 0 Å². The summed E-state index contributed by atoms with van der Waals surface area (Å²) in [4.78, 5) is 1.99. The average molecular weight is 261 g/mol. The minimum atomic E-state index is -0.331. The molecule has 1 aromatic rings. The van der Waals surface area contributed by atoms with Crippen molar-refractivity contribution in [2.45, 2.75) is 31.7 Å². The van der Waals surface area contributed by atoms with Crippen molar-refractivity contribution >= 4 is 5.69 Å². The first-order chi connectivity index (χ1) is 9.17. The zero-order valence-corrected chi connectivity index (χ0v) is 11.3. The monoisotopic (exact) mass is 261 g/mol. The Morgan fingerprint density at radius 3 is 2.79 bits per heavy atom. The van der Waals surface area contributed by atoms with E-state index in [1.165, 1.54) is 18.9 Å². The van der Waals surface area contributed by atoms with Gasteiger partial charge in [-0.25, -0.2) is 4.39 Å². The Morgan fingerprint density at radius 1 is 1.42 bits per heavy atom. The maximum Gasteiger partial charge on any atom is 0.147 e. The van der Waals surface area contributed by atoms with Gasteiger partial charge in [0.05, 0.1) is 17.3 Å². The lowest BCUT2D eigenvalue weighted by Crippen LogP contribution is -2.43. The molecular weight excluding hydrogens is 241 g/mol. The first kappa shape index (κ1) is 13.8. The highest BCUT2D eigenvalue weighted by atomic mass is 19.1. The summed E-state index contributed by atoms with van der Waals surface area (Å²) < 4.78 is 14.0. The van der Waals surface area contributed by atoms with Crippen LogP contribution in [0.5, 0.6) is 0 Å². The van der Waals surface area contributed by atoms with Crippen molar-refractivity contribution < 1.29 is 4.39 Å². The highest BCUT2D eigenvalue weighted by Gasteiger charge is 2.28. The van der Waals surface area contributed by atoms with Gasteiger partial charge in [0.15, 0.2) is 0 Å². The Kier molecular flexibility index (Phi) is 4.39. The first-order valence-electron chi connectivity index (χ1n) is 6.80. The molecule has 0 spiro atoms. The molecule has 1 aromatic carbocycles. The quantitative estimate of drug-likeness (QED) is 0.910. The van der Waals surface area contributed by atoms with Crippen LogP contribution in [0, 0.1) is 23.1 Å². The summed E-state index contributed by atoms with van der Waals surface area (Å²) >= 11 is 0. The third-order valence-corrected chi connectivity index (χ3v) is 4.13. The molecule has 2 rings (SSSR count). The van der Waals surface area contributed by atoms with Gasteiger partial charge < -0.3 is 10.6 Å². The molecule has 0 aliphatic heterocycles. The molecule has 1 saturated carbocycles. The minimum absolute atomic E-state index is 0.293. The number of halogens is 1. The number of nitriles is 1. The van der Waals surface area contributed by atoms with E-state index >= 15 is 0 Å². The Morgan fingerprint density at radius 2 is 2.16 bits per heavy atom. The highest BCUT2D eigenvalue weighted by molar-refractivity contribution is 5.51. The Labute approximate surface area is 113 Å². The molecule has 0 amide bonds. The second kappa shape index (κ2) is 6.03. The third kappa shape index (κ3) is 2.87. The molecule has 1 aliphatic carbocycles. The maximum atomic E-state index is 14.0. The molecule has 0 radical (unpaired) electrons. The predicted molar refractivity (Wildman–Crippen MR) is 74.3 cm³/mol. The fourth-order valence-electron chi connectivity index (χ4n) is 3.01. The van der Waals surface area contributed by atoms with Gasteiger partial charge in [0.2, 0.25) is 0 Å². The molecule has 3 nitrogen and oxygen atoms in total. The smallest absolute Gasteiger partial charge is 0.147 e. The predicted octanol–water partition coefficient (Wildman–Crippen LogP) is 2.65. The molecule has 2 unspecified atom stereocenters. The number of nitrogens with zero attached hydrogens (tertiary/aromatic N) is 2. The summed E-state index contributed by atoms with van der Waals surface area (Å²) in [6.07, 6.45) is 4.55. The second-order valence-electron chi connectivity index (χ2n) is 5.24. The van der Waals surface area contributed by atoms with Crippen LogP contribution in [0.25, 0.3) is 0 Å². The van der Waals surface area contributed by atoms with Gasteiger partial charge in [0, 0.05) is 13.1 Å². The molecule has 0 heterocycles. The Hall–Kier alpha value is -1.60. The summed E-state index contributed by atoms with van der Waals surface area (Å²) in [7, 11) is 1.92. The van der Waals surface area contributed by atoms with Crippen LogP contribution in [0.2, 0.25) is 0 Å². The van der Waals surface area contributed by atoms with Gasteiger partial charge in [0.1, 0.15) is 5.82 Å². The minimum Gasteiger partial charge on any atom is -0.369 e. The van der Waals surface area contributed by atoms with E-state index in [0.717, 1.165) is 12.8 Å². The van der Waals surface area contributed by atoms with Crippen molar-refractivity contribution in [3.8, 4) is 6.07 Å². The average Bonchev–Trinajstić information content (AvgIpc) is 2.46. The lowest BCUT2D eigenvalue weighted by molar-refractivity contribution is 0.305. The lowest BCUT2D eigenvalue weighted by atomic mass is 9.83. The maximum absolute atomic E-state index is 14.0. The van der Waals surface area contributed by atoms with Gasteiger partial charge in [-0.2, -0.15) is 5.26 Å². The number of rotatable bonds is 3. The highest BCUT2D eigenvalue weighted by Crippen LogP contribution is 2.31. The van der Waals surface area contributed by atoms with Gasteiger partial charge in [-0.1, -0.05) is 12.8 Å². The number of hydrogen-bond acceptors (Lipinski definition) is 3. The topological polar surface area (TPSA) is 53.0 Å². The fraction of sp³-hybridized carbons (Fsp3) is 0.533. The van der Waals surface area contributed by atoms with Crippen LogP contribution < -0.4 is 10.6 Å². The summed E-state index contributed by atoms with van der Waals surface area (Å²) in [5.74, 6) is 0.0942. The molecule has 102 valence electrons. The molecule has 4 heteroatoms. The summed E-state index contributed by atoms with van der Waals surface area (Å²) in [6.45, 7) is 0.646. The standard InChI is InChI=1S/C15H20FN3/c1-19(14-5-3-2-4-12(14)10-18)15-7-6-11(9-17)8-13(15)16/h6-8,12,14H,2-5,10,18H2,1H3. The normalized spacial score (nSPS) is 22.8. The molecule has 0 saturated heterocycles. The van der Waals surface area contributed by atoms with Gasteiger partial charge >= 0.3 is 0 Å². The van der Waals surface area contributed by atoms with E-state index in [4.69, 9.17) is 11.0 Å². The summed E-state index contributed by atoms with van der Waals surface area (Å²) in [5.41, 5.74) is 6.74. The first-order valence-corrected chi connectivity index (χ1v) is 6.80. The summed E-state index contributed by atoms with van der Waals surface area (Å²) in [6, 6.07) is 6.90. The fourth-order valence-corrected chi connectivity index (χ4v) is 3.01. The largest absolute Gasteiger partial charge is 0.369 e. The van der Waals surface area contributed by atoms with E-state index < -0.39 is 0 Å². The van der Waals surface area contributed by atoms with Gasteiger partial charge in [-0.05, 0) is 43.5 Å². The van der Waals surface area contributed by atoms with E-state index in [2.05, 4.69) is 0 Å². The summed E-state index contributed by atoms with van der Waals surface area (Å²) in [5, 5.41) is 8.77. The van der Waals surface area contributed by atoms with Crippen LogP contribution in [0.3, 0.4) is 0 Å². The van der Waals surface area contributed by atoms with Crippen LogP contribution in [0.1, 0.15) is 31.2 Å². The van der Waals surface area contributed by atoms with Crippen LogP contribution in [0.15, 0.2) is 18.2 Å².